The van der Waals surface area contributed by atoms with Crippen LogP contribution in [0.2, 0.25) is 5.02 Å². The third-order valence-electron chi connectivity index (χ3n) is 3.94. The quantitative estimate of drug-likeness (QED) is 0.376. The van der Waals surface area contributed by atoms with Gasteiger partial charge in [-0.25, -0.2) is 9.59 Å². The summed E-state index contributed by atoms with van der Waals surface area (Å²) in [6, 6.07) is 12.4. The van der Waals surface area contributed by atoms with E-state index in [1.165, 1.54) is 32.2 Å². The maximum Gasteiger partial charge on any atom is 0.351 e. The predicted octanol–water partition coefficient (Wildman–Crippen LogP) is 3.88. The Balaban J connectivity index is 1.84. The highest BCUT2D eigenvalue weighted by Crippen LogP contribution is 2.21. The molecule has 1 atom stereocenters. The number of rotatable bonds is 5. The molecule has 0 amide bonds. The van der Waals surface area contributed by atoms with Crippen molar-refractivity contribution in [3.05, 3.63) is 75.1 Å². The van der Waals surface area contributed by atoms with E-state index in [1.807, 2.05) is 0 Å². The number of ether oxygens (including phenoxy) is 2. The summed E-state index contributed by atoms with van der Waals surface area (Å²) < 4.78 is 15.4. The van der Waals surface area contributed by atoms with E-state index in [0.717, 1.165) is 0 Å². The van der Waals surface area contributed by atoms with Crippen LogP contribution in [0.15, 0.2) is 57.7 Å². The molecule has 7 heteroatoms. The Kier molecular flexibility index (Phi) is 5.28. The largest absolute Gasteiger partial charge is 0.497 e. The molecule has 0 bridgehead atoms. The highest BCUT2D eigenvalue weighted by molar-refractivity contribution is 6.30. The number of esters is 1. The number of ketones is 1. The smallest absolute Gasteiger partial charge is 0.351 e. The van der Waals surface area contributed by atoms with Crippen LogP contribution >= 0.6 is 11.6 Å². The Morgan fingerprint density at radius 2 is 1.78 bits per heavy atom. The molecule has 2 aromatic carbocycles. The van der Waals surface area contributed by atoms with Gasteiger partial charge in [-0.3, -0.25) is 4.79 Å². The van der Waals surface area contributed by atoms with Gasteiger partial charge in [0.05, 0.1) is 7.11 Å². The van der Waals surface area contributed by atoms with Crippen molar-refractivity contribution in [2.75, 3.05) is 7.11 Å². The van der Waals surface area contributed by atoms with E-state index >= 15 is 0 Å². The molecule has 0 radical (unpaired) electrons. The molecular formula is C20H15ClO6. The molecule has 0 aliphatic rings. The van der Waals surface area contributed by atoms with Gasteiger partial charge in [0.15, 0.2) is 6.10 Å². The first kappa shape index (κ1) is 18.7. The molecule has 0 spiro atoms. The zero-order chi connectivity index (χ0) is 19.6. The number of benzene rings is 2. The third kappa shape index (κ3) is 4.01. The predicted molar refractivity (Wildman–Crippen MR) is 99.7 cm³/mol. The fourth-order valence-electron chi connectivity index (χ4n) is 2.50. The zero-order valence-corrected chi connectivity index (χ0v) is 15.3. The van der Waals surface area contributed by atoms with Crippen molar-refractivity contribution in [3.8, 4) is 5.75 Å². The van der Waals surface area contributed by atoms with Gasteiger partial charge in [-0.1, -0.05) is 11.6 Å². The van der Waals surface area contributed by atoms with Crippen LogP contribution < -0.4 is 10.4 Å². The second-order valence-electron chi connectivity index (χ2n) is 5.77. The molecule has 1 aromatic heterocycles. The maximum atomic E-state index is 12.4. The molecular weight excluding hydrogens is 372 g/mol. The van der Waals surface area contributed by atoms with Crippen LogP contribution in [0.25, 0.3) is 11.0 Å². The summed E-state index contributed by atoms with van der Waals surface area (Å²) in [5, 5.41) is 0.984. The fourth-order valence-corrected chi connectivity index (χ4v) is 2.62. The van der Waals surface area contributed by atoms with Crippen molar-refractivity contribution in [2.45, 2.75) is 13.0 Å². The molecule has 0 fully saturated rings. The van der Waals surface area contributed by atoms with Gasteiger partial charge in [-0.2, -0.15) is 0 Å². The van der Waals surface area contributed by atoms with Gasteiger partial charge >= 0.3 is 11.6 Å². The lowest BCUT2D eigenvalue weighted by Gasteiger charge is -2.12. The Morgan fingerprint density at radius 3 is 2.44 bits per heavy atom. The van der Waals surface area contributed by atoms with Crippen LogP contribution in [0, 0.1) is 0 Å². The van der Waals surface area contributed by atoms with Crippen molar-refractivity contribution in [2.24, 2.45) is 0 Å². The average Bonchev–Trinajstić information content (AvgIpc) is 2.67. The number of hydrogen-bond donors (Lipinski definition) is 0. The lowest BCUT2D eigenvalue weighted by molar-refractivity contribution is 0.0315. The summed E-state index contributed by atoms with van der Waals surface area (Å²) in [6.45, 7) is 1.43. The van der Waals surface area contributed by atoms with E-state index in [-0.39, 0.29) is 5.56 Å². The molecule has 27 heavy (non-hydrogen) atoms. The molecule has 0 saturated carbocycles. The van der Waals surface area contributed by atoms with Crippen molar-refractivity contribution in [1.29, 1.82) is 0 Å². The van der Waals surface area contributed by atoms with Gasteiger partial charge in [-0.15, -0.1) is 0 Å². The molecule has 0 N–H and O–H groups in total. The first-order valence-electron chi connectivity index (χ1n) is 8.01. The zero-order valence-electron chi connectivity index (χ0n) is 14.5. The summed E-state index contributed by atoms with van der Waals surface area (Å²) in [7, 11) is 1.50. The molecule has 3 aromatic rings. The molecule has 0 aliphatic carbocycles. The highest BCUT2D eigenvalue weighted by Gasteiger charge is 2.23. The summed E-state index contributed by atoms with van der Waals surface area (Å²) in [4.78, 5) is 36.8. The van der Waals surface area contributed by atoms with Gasteiger partial charge < -0.3 is 13.9 Å². The lowest BCUT2D eigenvalue weighted by atomic mass is 10.1. The van der Waals surface area contributed by atoms with Gasteiger partial charge in [0.2, 0.25) is 5.78 Å². The average molecular weight is 387 g/mol. The Bertz CT molecular complexity index is 1070. The van der Waals surface area contributed by atoms with E-state index < -0.39 is 23.5 Å². The summed E-state index contributed by atoms with van der Waals surface area (Å²) in [5.41, 5.74) is -0.493. The summed E-state index contributed by atoms with van der Waals surface area (Å²) in [5.74, 6) is -0.808. The molecule has 0 unspecified atom stereocenters. The molecule has 0 saturated heterocycles. The molecule has 6 nitrogen and oxygen atoms in total. The van der Waals surface area contributed by atoms with E-state index in [2.05, 4.69) is 0 Å². The Labute approximate surface area is 159 Å². The SMILES string of the molecule is COc1ccc2oc(=O)c(C(=O)O[C@@H](C)C(=O)c3ccc(Cl)cc3)cc2c1. The minimum absolute atomic E-state index is 0.300. The standard InChI is InChI=1S/C20H15ClO6/c1-11(18(22)12-3-5-14(21)6-4-12)26-19(23)16-10-13-9-15(25-2)7-8-17(13)27-20(16)24/h3-11H,1-2H3/t11-/m0/s1. The molecule has 138 valence electrons. The monoisotopic (exact) mass is 386 g/mol. The number of carbonyl (C=O) groups is 2. The number of fused-ring (bicyclic) bond motifs is 1. The number of methoxy groups -OCH3 is 1. The van der Waals surface area contributed by atoms with Crippen molar-refractivity contribution in [3.63, 3.8) is 0 Å². The molecule has 1 heterocycles. The van der Waals surface area contributed by atoms with E-state index in [9.17, 15) is 14.4 Å². The number of carbonyl (C=O) groups excluding carboxylic acids is 2. The van der Waals surface area contributed by atoms with E-state index in [0.29, 0.717) is 27.3 Å². The third-order valence-corrected chi connectivity index (χ3v) is 4.19. The van der Waals surface area contributed by atoms with Crippen molar-refractivity contribution < 1.29 is 23.5 Å². The number of halogens is 1. The van der Waals surface area contributed by atoms with Crippen LogP contribution in [0.3, 0.4) is 0 Å². The van der Waals surface area contributed by atoms with Crippen LogP contribution in [0.5, 0.6) is 5.75 Å². The van der Waals surface area contributed by atoms with Gasteiger partial charge in [0, 0.05) is 16.0 Å². The van der Waals surface area contributed by atoms with Gasteiger partial charge in [0.1, 0.15) is 16.9 Å². The lowest BCUT2D eigenvalue weighted by Crippen LogP contribution is -2.27. The molecule has 0 aliphatic heterocycles. The van der Waals surface area contributed by atoms with Gasteiger partial charge in [-0.05, 0) is 55.5 Å². The maximum absolute atomic E-state index is 12.4. The highest BCUT2D eigenvalue weighted by atomic mass is 35.5. The first-order chi connectivity index (χ1) is 12.9. The number of hydrogen-bond acceptors (Lipinski definition) is 6. The second kappa shape index (κ2) is 7.63. The topological polar surface area (TPSA) is 82.8 Å². The van der Waals surface area contributed by atoms with Gasteiger partial charge in [0.25, 0.3) is 0 Å². The van der Waals surface area contributed by atoms with Crippen LogP contribution in [-0.2, 0) is 4.74 Å². The minimum Gasteiger partial charge on any atom is -0.497 e. The van der Waals surface area contributed by atoms with Crippen molar-refractivity contribution >= 4 is 34.3 Å². The van der Waals surface area contributed by atoms with E-state index in [4.69, 9.17) is 25.5 Å². The minimum atomic E-state index is -1.08. The first-order valence-corrected chi connectivity index (χ1v) is 8.39. The Morgan fingerprint density at radius 1 is 1.07 bits per heavy atom. The normalized spacial score (nSPS) is 11.8. The van der Waals surface area contributed by atoms with Crippen LogP contribution in [0.1, 0.15) is 27.6 Å². The second-order valence-corrected chi connectivity index (χ2v) is 6.21. The molecule has 3 rings (SSSR count). The fraction of sp³-hybridized carbons (Fsp3) is 0.150. The van der Waals surface area contributed by atoms with Crippen LogP contribution in [0.4, 0.5) is 0 Å². The van der Waals surface area contributed by atoms with E-state index in [1.54, 1.807) is 30.3 Å². The van der Waals surface area contributed by atoms with Crippen LogP contribution in [-0.4, -0.2) is 25.0 Å². The van der Waals surface area contributed by atoms with Crippen molar-refractivity contribution in [1.82, 2.24) is 0 Å². The summed E-state index contributed by atoms with van der Waals surface area (Å²) >= 11 is 5.80. The summed E-state index contributed by atoms with van der Waals surface area (Å²) in [6.07, 6.45) is -1.08. The Hall–Kier alpha value is -3.12. The number of Topliss-reactive ketones (excluding diaryl/α,β-unsaturated/α-hetero) is 1.